The summed E-state index contributed by atoms with van der Waals surface area (Å²) in [7, 11) is 0. The predicted octanol–water partition coefficient (Wildman–Crippen LogP) is 2.73. The zero-order chi connectivity index (χ0) is 12.1. The fourth-order valence-electron chi connectivity index (χ4n) is 2.26. The molecule has 0 aliphatic carbocycles. The lowest BCUT2D eigenvalue weighted by Crippen LogP contribution is -2.36. The molecule has 0 bridgehead atoms. The van der Waals surface area contributed by atoms with Crippen LogP contribution in [0.5, 0.6) is 0 Å². The maximum atomic E-state index is 12.7. The molecule has 94 valence electrons. The van der Waals surface area contributed by atoms with E-state index in [0.29, 0.717) is 12.0 Å². The summed E-state index contributed by atoms with van der Waals surface area (Å²) in [6.45, 7) is 4.79. The van der Waals surface area contributed by atoms with Crippen molar-refractivity contribution in [3.05, 3.63) is 35.6 Å². The van der Waals surface area contributed by atoms with E-state index in [1.807, 2.05) is 12.1 Å². The van der Waals surface area contributed by atoms with Crippen molar-refractivity contribution in [2.24, 2.45) is 5.92 Å². The van der Waals surface area contributed by atoms with Crippen molar-refractivity contribution in [1.82, 2.24) is 5.32 Å². The first-order valence-corrected chi connectivity index (χ1v) is 6.31. The molecule has 2 nitrogen and oxygen atoms in total. The molecule has 17 heavy (non-hydrogen) atoms. The molecule has 0 aromatic heterocycles. The molecular weight excluding hydrogens is 217 g/mol. The molecule has 0 spiro atoms. The predicted molar refractivity (Wildman–Crippen MR) is 66.2 cm³/mol. The van der Waals surface area contributed by atoms with Gasteiger partial charge in [-0.3, -0.25) is 0 Å². The Morgan fingerprint density at radius 2 is 1.94 bits per heavy atom. The van der Waals surface area contributed by atoms with Crippen molar-refractivity contribution in [2.75, 3.05) is 13.2 Å². The van der Waals surface area contributed by atoms with E-state index in [9.17, 15) is 4.39 Å². The van der Waals surface area contributed by atoms with Crippen LogP contribution in [0.25, 0.3) is 0 Å². The van der Waals surface area contributed by atoms with Crippen LogP contribution in [0.15, 0.2) is 24.3 Å². The Kier molecular flexibility index (Phi) is 4.51. The second kappa shape index (κ2) is 6.12. The molecule has 1 fully saturated rings. The van der Waals surface area contributed by atoms with Crippen LogP contribution in [0.3, 0.4) is 0 Å². The molecule has 0 amide bonds. The average molecular weight is 237 g/mol. The maximum Gasteiger partial charge on any atom is 0.123 e. The molecule has 1 aliphatic heterocycles. The number of hydrogen-bond acceptors (Lipinski definition) is 2. The van der Waals surface area contributed by atoms with E-state index >= 15 is 0 Å². The molecule has 1 saturated heterocycles. The summed E-state index contributed by atoms with van der Waals surface area (Å²) < 4.78 is 18.1. The number of ether oxygens (including phenoxy) is 1. The fraction of sp³-hybridized carbons (Fsp3) is 0.571. The summed E-state index contributed by atoms with van der Waals surface area (Å²) in [5.74, 6) is 0.524. The normalized spacial score (nSPS) is 19.2. The van der Waals surface area contributed by atoms with Crippen molar-refractivity contribution in [3.8, 4) is 0 Å². The van der Waals surface area contributed by atoms with E-state index in [2.05, 4.69) is 12.2 Å². The van der Waals surface area contributed by atoms with Crippen LogP contribution in [0.2, 0.25) is 0 Å². The van der Waals surface area contributed by atoms with Gasteiger partial charge in [-0.1, -0.05) is 12.1 Å². The summed E-state index contributed by atoms with van der Waals surface area (Å²) >= 11 is 0. The highest BCUT2D eigenvalue weighted by atomic mass is 19.1. The molecule has 0 radical (unpaired) electrons. The second-order valence-electron chi connectivity index (χ2n) is 4.75. The molecule has 1 atom stereocenters. The van der Waals surface area contributed by atoms with Gasteiger partial charge in [0.1, 0.15) is 5.82 Å². The first kappa shape index (κ1) is 12.5. The lowest BCUT2D eigenvalue weighted by Gasteiger charge is -2.28. The van der Waals surface area contributed by atoms with E-state index in [-0.39, 0.29) is 5.82 Å². The third-order valence-electron chi connectivity index (χ3n) is 3.51. The topological polar surface area (TPSA) is 21.3 Å². The van der Waals surface area contributed by atoms with Gasteiger partial charge in [-0.2, -0.15) is 0 Å². The monoisotopic (exact) mass is 237 g/mol. The van der Waals surface area contributed by atoms with E-state index in [1.165, 1.54) is 12.1 Å². The Bertz CT molecular complexity index is 333. The summed E-state index contributed by atoms with van der Waals surface area (Å²) in [4.78, 5) is 0. The van der Waals surface area contributed by atoms with Crippen molar-refractivity contribution in [3.63, 3.8) is 0 Å². The maximum absolute atomic E-state index is 12.7. The summed E-state index contributed by atoms with van der Waals surface area (Å²) in [6.07, 6.45) is 2.27. The minimum absolute atomic E-state index is 0.175. The minimum atomic E-state index is -0.175. The van der Waals surface area contributed by atoms with Crippen LogP contribution in [-0.4, -0.2) is 19.3 Å². The van der Waals surface area contributed by atoms with Gasteiger partial charge in [0.2, 0.25) is 0 Å². The number of nitrogens with one attached hydrogen (secondary N) is 1. The van der Waals surface area contributed by atoms with Gasteiger partial charge < -0.3 is 10.1 Å². The van der Waals surface area contributed by atoms with E-state index in [0.717, 1.165) is 38.2 Å². The fourth-order valence-corrected chi connectivity index (χ4v) is 2.26. The van der Waals surface area contributed by atoms with Crippen LogP contribution in [0.1, 0.15) is 25.3 Å². The number of rotatable bonds is 4. The molecule has 1 aromatic carbocycles. The van der Waals surface area contributed by atoms with Gasteiger partial charge in [-0.15, -0.1) is 0 Å². The highest BCUT2D eigenvalue weighted by Crippen LogP contribution is 2.18. The lowest BCUT2D eigenvalue weighted by molar-refractivity contribution is 0.0558. The van der Waals surface area contributed by atoms with Crippen molar-refractivity contribution in [2.45, 2.75) is 32.4 Å². The molecule has 1 aliphatic rings. The summed E-state index contributed by atoms with van der Waals surface area (Å²) in [5.41, 5.74) is 1.13. The molecule has 1 heterocycles. The van der Waals surface area contributed by atoms with Gasteiger partial charge in [-0.05, 0) is 43.4 Å². The van der Waals surface area contributed by atoms with Crippen molar-refractivity contribution in [1.29, 1.82) is 0 Å². The Balaban J connectivity index is 1.78. The summed E-state index contributed by atoms with van der Waals surface area (Å²) in [6, 6.07) is 7.17. The van der Waals surface area contributed by atoms with Gasteiger partial charge >= 0.3 is 0 Å². The standard InChI is InChI=1S/C14H20FNO/c1-11(13-6-8-17-9-7-13)16-10-12-2-4-14(15)5-3-12/h2-5,11,13,16H,6-10H2,1H3. The summed E-state index contributed by atoms with van der Waals surface area (Å²) in [5, 5.41) is 3.51. The number of hydrogen-bond donors (Lipinski definition) is 1. The van der Waals surface area contributed by atoms with Gasteiger partial charge in [0, 0.05) is 25.8 Å². The third-order valence-corrected chi connectivity index (χ3v) is 3.51. The molecule has 1 N–H and O–H groups in total. The highest BCUT2D eigenvalue weighted by Gasteiger charge is 2.19. The van der Waals surface area contributed by atoms with Gasteiger partial charge in [0.05, 0.1) is 0 Å². The van der Waals surface area contributed by atoms with Crippen molar-refractivity contribution >= 4 is 0 Å². The Morgan fingerprint density at radius 3 is 2.59 bits per heavy atom. The van der Waals surface area contributed by atoms with Gasteiger partial charge in [0.25, 0.3) is 0 Å². The zero-order valence-electron chi connectivity index (χ0n) is 10.3. The Hall–Kier alpha value is -0.930. The molecule has 2 rings (SSSR count). The quantitative estimate of drug-likeness (QED) is 0.869. The minimum Gasteiger partial charge on any atom is -0.381 e. The van der Waals surface area contributed by atoms with Gasteiger partial charge in [0.15, 0.2) is 0 Å². The first-order chi connectivity index (χ1) is 8.25. The van der Waals surface area contributed by atoms with E-state index < -0.39 is 0 Å². The number of halogens is 1. The largest absolute Gasteiger partial charge is 0.381 e. The van der Waals surface area contributed by atoms with Crippen molar-refractivity contribution < 1.29 is 9.13 Å². The average Bonchev–Trinajstić information content (AvgIpc) is 2.39. The van der Waals surface area contributed by atoms with Crippen LogP contribution in [0, 0.1) is 11.7 Å². The van der Waals surface area contributed by atoms with E-state index in [4.69, 9.17) is 4.74 Å². The van der Waals surface area contributed by atoms with Gasteiger partial charge in [-0.25, -0.2) is 4.39 Å². The smallest absolute Gasteiger partial charge is 0.123 e. The second-order valence-corrected chi connectivity index (χ2v) is 4.75. The molecule has 3 heteroatoms. The molecule has 1 unspecified atom stereocenters. The first-order valence-electron chi connectivity index (χ1n) is 6.31. The Labute approximate surface area is 102 Å². The van der Waals surface area contributed by atoms with Crippen LogP contribution in [-0.2, 0) is 11.3 Å². The van der Waals surface area contributed by atoms with Crippen LogP contribution < -0.4 is 5.32 Å². The Morgan fingerprint density at radius 1 is 1.29 bits per heavy atom. The highest BCUT2D eigenvalue weighted by molar-refractivity contribution is 5.15. The zero-order valence-corrected chi connectivity index (χ0v) is 10.3. The number of benzene rings is 1. The third kappa shape index (κ3) is 3.79. The van der Waals surface area contributed by atoms with Crippen LogP contribution >= 0.6 is 0 Å². The lowest BCUT2D eigenvalue weighted by atomic mass is 9.93. The molecular formula is C14H20FNO. The molecule has 1 aromatic rings. The SMILES string of the molecule is CC(NCc1ccc(F)cc1)C1CCOCC1. The van der Waals surface area contributed by atoms with Crippen LogP contribution in [0.4, 0.5) is 4.39 Å². The molecule has 0 saturated carbocycles. The van der Waals surface area contributed by atoms with E-state index in [1.54, 1.807) is 0 Å².